The molecule has 18 heavy (non-hydrogen) atoms. The Labute approximate surface area is 128 Å². The molecule has 0 spiro atoms. The lowest BCUT2D eigenvalue weighted by atomic mass is 10.0. The van der Waals surface area contributed by atoms with Gasteiger partial charge in [0.1, 0.15) is 11.5 Å². The summed E-state index contributed by atoms with van der Waals surface area (Å²) < 4.78 is 7.93. The zero-order valence-corrected chi connectivity index (χ0v) is 14.5. The van der Waals surface area contributed by atoms with E-state index in [9.17, 15) is 0 Å². The van der Waals surface area contributed by atoms with Crippen molar-refractivity contribution in [3.63, 3.8) is 0 Å². The third kappa shape index (κ3) is 2.90. The maximum Gasteiger partial charge on any atom is 0.106 e. The van der Waals surface area contributed by atoms with Crippen molar-refractivity contribution in [1.82, 2.24) is 5.32 Å². The summed E-state index contributed by atoms with van der Waals surface area (Å²) >= 11 is 8.86. The van der Waals surface area contributed by atoms with Crippen LogP contribution < -0.4 is 5.32 Å². The van der Waals surface area contributed by atoms with Crippen molar-refractivity contribution >= 4 is 43.2 Å². The van der Waals surface area contributed by atoms with Gasteiger partial charge in [0.05, 0.1) is 13.6 Å². The lowest BCUT2D eigenvalue weighted by Crippen LogP contribution is -2.22. The van der Waals surface area contributed by atoms with Crippen LogP contribution in [0, 0.1) is 13.8 Å². The van der Waals surface area contributed by atoms with Crippen LogP contribution in [0.4, 0.5) is 0 Å². The first kappa shape index (κ1) is 14.3. The Morgan fingerprint density at radius 2 is 2.00 bits per heavy atom. The van der Waals surface area contributed by atoms with Crippen molar-refractivity contribution in [3.05, 3.63) is 42.4 Å². The third-order valence-corrected chi connectivity index (χ3v) is 5.18. The SMILES string of the molecule is CCNC(c1cc(C)oc1C)c1cc(Br)sc1Br. The van der Waals surface area contributed by atoms with Crippen molar-refractivity contribution in [2.45, 2.75) is 26.8 Å². The molecule has 0 aromatic carbocycles. The molecule has 0 fully saturated rings. The van der Waals surface area contributed by atoms with E-state index in [4.69, 9.17) is 4.42 Å². The molecule has 0 aliphatic heterocycles. The first-order chi connectivity index (χ1) is 8.52. The number of hydrogen-bond acceptors (Lipinski definition) is 3. The van der Waals surface area contributed by atoms with Gasteiger partial charge >= 0.3 is 0 Å². The second kappa shape index (κ2) is 5.90. The maximum absolute atomic E-state index is 5.65. The molecule has 1 atom stereocenters. The van der Waals surface area contributed by atoms with Crippen LogP contribution in [0.2, 0.25) is 0 Å². The minimum absolute atomic E-state index is 0.171. The highest BCUT2D eigenvalue weighted by atomic mass is 79.9. The van der Waals surface area contributed by atoms with Crippen LogP contribution in [0.25, 0.3) is 0 Å². The summed E-state index contributed by atoms with van der Waals surface area (Å²) in [7, 11) is 0. The van der Waals surface area contributed by atoms with Gasteiger partial charge in [0.25, 0.3) is 0 Å². The molecule has 0 amide bonds. The van der Waals surface area contributed by atoms with Gasteiger partial charge in [-0.15, -0.1) is 11.3 Å². The van der Waals surface area contributed by atoms with Crippen LogP contribution in [0.1, 0.15) is 35.6 Å². The fraction of sp³-hybridized carbons (Fsp3) is 0.385. The Morgan fingerprint density at radius 3 is 2.44 bits per heavy atom. The molecule has 2 aromatic rings. The van der Waals surface area contributed by atoms with Crippen molar-refractivity contribution < 1.29 is 4.42 Å². The number of halogens is 2. The van der Waals surface area contributed by atoms with Gasteiger partial charge in [-0.05, 0) is 69.9 Å². The summed E-state index contributed by atoms with van der Waals surface area (Å²) in [6.45, 7) is 7.03. The van der Waals surface area contributed by atoms with E-state index in [1.54, 1.807) is 11.3 Å². The van der Waals surface area contributed by atoms with Crippen molar-refractivity contribution in [3.8, 4) is 0 Å². The fourth-order valence-corrected chi connectivity index (χ4v) is 4.98. The second-order valence-corrected chi connectivity index (χ2v) is 7.89. The van der Waals surface area contributed by atoms with Gasteiger partial charge in [0, 0.05) is 5.56 Å². The highest BCUT2D eigenvalue weighted by molar-refractivity contribution is 9.12. The molecule has 2 aromatic heterocycles. The van der Waals surface area contributed by atoms with Crippen molar-refractivity contribution in [1.29, 1.82) is 0 Å². The Bertz CT molecular complexity index is 501. The Morgan fingerprint density at radius 1 is 1.28 bits per heavy atom. The molecule has 1 unspecified atom stereocenters. The van der Waals surface area contributed by atoms with E-state index in [0.29, 0.717) is 0 Å². The normalized spacial score (nSPS) is 12.9. The molecular weight excluding hydrogens is 378 g/mol. The summed E-state index contributed by atoms with van der Waals surface area (Å²) in [6, 6.07) is 4.44. The van der Waals surface area contributed by atoms with Crippen LogP contribution in [-0.4, -0.2) is 6.54 Å². The smallest absolute Gasteiger partial charge is 0.106 e. The van der Waals surface area contributed by atoms with Gasteiger partial charge in [-0.1, -0.05) is 6.92 Å². The molecule has 0 radical (unpaired) electrons. The molecule has 1 N–H and O–H groups in total. The van der Waals surface area contributed by atoms with E-state index in [1.807, 2.05) is 13.8 Å². The van der Waals surface area contributed by atoms with E-state index in [-0.39, 0.29) is 6.04 Å². The average molecular weight is 393 g/mol. The predicted molar refractivity (Wildman–Crippen MR) is 83.4 cm³/mol. The zero-order valence-electron chi connectivity index (χ0n) is 10.5. The molecule has 2 nitrogen and oxygen atoms in total. The number of nitrogens with one attached hydrogen (secondary N) is 1. The van der Waals surface area contributed by atoms with Crippen LogP contribution in [0.3, 0.4) is 0 Å². The molecule has 0 aliphatic carbocycles. The molecule has 0 saturated carbocycles. The summed E-state index contributed by atoms with van der Waals surface area (Å²) in [5.41, 5.74) is 2.46. The van der Waals surface area contributed by atoms with E-state index < -0.39 is 0 Å². The third-order valence-electron chi connectivity index (χ3n) is 2.79. The molecule has 2 heterocycles. The van der Waals surface area contributed by atoms with Crippen LogP contribution >= 0.6 is 43.2 Å². The highest BCUT2D eigenvalue weighted by Gasteiger charge is 2.22. The van der Waals surface area contributed by atoms with Gasteiger partial charge in [0.2, 0.25) is 0 Å². The van der Waals surface area contributed by atoms with Crippen LogP contribution in [0.5, 0.6) is 0 Å². The summed E-state index contributed by atoms with van der Waals surface area (Å²) in [5, 5.41) is 3.52. The zero-order chi connectivity index (χ0) is 13.3. The molecule has 0 saturated heterocycles. The van der Waals surface area contributed by atoms with Gasteiger partial charge in [-0.3, -0.25) is 0 Å². The minimum atomic E-state index is 0.171. The van der Waals surface area contributed by atoms with E-state index in [1.165, 1.54) is 11.1 Å². The first-order valence-corrected chi connectivity index (χ1v) is 8.18. The van der Waals surface area contributed by atoms with Crippen LogP contribution in [0.15, 0.2) is 24.1 Å². The summed E-state index contributed by atoms with van der Waals surface area (Å²) in [4.78, 5) is 0. The molecule has 0 aliphatic rings. The molecule has 5 heteroatoms. The van der Waals surface area contributed by atoms with Crippen LogP contribution in [-0.2, 0) is 0 Å². The van der Waals surface area contributed by atoms with Gasteiger partial charge in [0.15, 0.2) is 0 Å². The monoisotopic (exact) mass is 391 g/mol. The van der Waals surface area contributed by atoms with Gasteiger partial charge in [-0.25, -0.2) is 0 Å². The molecule has 98 valence electrons. The Kier molecular flexibility index (Phi) is 4.69. The maximum atomic E-state index is 5.65. The largest absolute Gasteiger partial charge is 0.466 e. The minimum Gasteiger partial charge on any atom is -0.466 e. The van der Waals surface area contributed by atoms with Crippen molar-refractivity contribution in [2.75, 3.05) is 6.54 Å². The molecule has 0 bridgehead atoms. The summed E-state index contributed by atoms with van der Waals surface area (Å²) in [6.07, 6.45) is 0. The Hall–Kier alpha value is -0.100. The number of thiophene rings is 1. The number of hydrogen-bond donors (Lipinski definition) is 1. The van der Waals surface area contributed by atoms with E-state index in [2.05, 4.69) is 56.2 Å². The first-order valence-electron chi connectivity index (χ1n) is 5.78. The number of furan rings is 1. The van der Waals surface area contributed by atoms with E-state index >= 15 is 0 Å². The average Bonchev–Trinajstić information content (AvgIpc) is 2.78. The lowest BCUT2D eigenvalue weighted by molar-refractivity contribution is 0.495. The van der Waals surface area contributed by atoms with E-state index in [0.717, 1.165) is 25.6 Å². The standard InChI is InChI=1S/C13H15Br2NOS/c1-4-16-12(9-5-7(2)17-8(9)3)10-6-11(14)18-13(10)15/h5-6,12,16H,4H2,1-3H3. The lowest BCUT2D eigenvalue weighted by Gasteiger charge is -2.17. The second-order valence-electron chi connectivity index (χ2n) is 4.14. The Balaban J connectivity index is 2.46. The quantitative estimate of drug-likeness (QED) is 0.775. The fourth-order valence-electron chi connectivity index (χ4n) is 2.08. The van der Waals surface area contributed by atoms with Gasteiger partial charge in [-0.2, -0.15) is 0 Å². The summed E-state index contributed by atoms with van der Waals surface area (Å²) in [5.74, 6) is 1.93. The topological polar surface area (TPSA) is 25.2 Å². The number of aryl methyl sites for hydroxylation is 2. The van der Waals surface area contributed by atoms with Gasteiger partial charge < -0.3 is 9.73 Å². The molecular formula is C13H15Br2NOS. The molecule has 2 rings (SSSR count). The van der Waals surface area contributed by atoms with Crippen molar-refractivity contribution in [2.24, 2.45) is 0 Å². The number of rotatable bonds is 4. The highest BCUT2D eigenvalue weighted by Crippen LogP contribution is 2.39. The predicted octanol–water partition coefficient (Wildman–Crippen LogP) is 5.18.